The Bertz CT molecular complexity index is 446. The number of methoxy groups -OCH3 is 1. The van der Waals surface area contributed by atoms with Crippen LogP contribution in [-0.4, -0.2) is 19.7 Å². The van der Waals surface area contributed by atoms with E-state index in [-0.39, 0.29) is 5.97 Å². The lowest BCUT2D eigenvalue weighted by Gasteiger charge is -2.05. The number of cyclic esters (lactones) is 1. The van der Waals surface area contributed by atoms with Gasteiger partial charge in [0, 0.05) is 0 Å². The molecule has 0 unspecified atom stereocenters. The Morgan fingerprint density at radius 1 is 1.44 bits per heavy atom. The lowest BCUT2D eigenvalue weighted by molar-refractivity contribution is -0.137. The molecule has 1 aromatic carbocycles. The van der Waals surface area contributed by atoms with Gasteiger partial charge in [0.1, 0.15) is 12.4 Å². The molecule has 1 saturated heterocycles. The van der Waals surface area contributed by atoms with E-state index in [0.29, 0.717) is 13.0 Å². The molecule has 0 saturated carbocycles. The molecule has 3 heteroatoms. The Morgan fingerprint density at radius 3 is 2.81 bits per heavy atom. The van der Waals surface area contributed by atoms with Crippen molar-refractivity contribution in [3.63, 3.8) is 0 Å². The first-order valence-corrected chi connectivity index (χ1v) is 5.19. The Balaban J connectivity index is 2.22. The van der Waals surface area contributed by atoms with E-state index < -0.39 is 0 Å². The molecular formula is C13H14O3. The predicted molar refractivity (Wildman–Crippen MR) is 61.3 cm³/mol. The molecule has 0 spiro atoms. The number of aryl methyl sites for hydroxylation is 1. The molecule has 16 heavy (non-hydrogen) atoms. The fraction of sp³-hybridized carbons (Fsp3) is 0.308. The molecule has 84 valence electrons. The van der Waals surface area contributed by atoms with Crippen LogP contribution < -0.4 is 4.74 Å². The third-order valence-electron chi connectivity index (χ3n) is 2.58. The van der Waals surface area contributed by atoms with Crippen LogP contribution in [0.25, 0.3) is 6.08 Å². The number of benzene rings is 1. The molecule has 1 aliphatic heterocycles. The summed E-state index contributed by atoms with van der Waals surface area (Å²) in [6, 6.07) is 5.94. The van der Waals surface area contributed by atoms with E-state index in [2.05, 4.69) is 0 Å². The van der Waals surface area contributed by atoms with Crippen LogP contribution in [0, 0.1) is 6.92 Å². The van der Waals surface area contributed by atoms with Crippen molar-refractivity contribution in [2.24, 2.45) is 0 Å². The van der Waals surface area contributed by atoms with Crippen LogP contribution in [0.5, 0.6) is 5.75 Å². The zero-order chi connectivity index (χ0) is 11.5. The molecule has 0 radical (unpaired) electrons. The Labute approximate surface area is 94.7 Å². The van der Waals surface area contributed by atoms with Gasteiger partial charge in [0.2, 0.25) is 0 Å². The molecule has 2 rings (SSSR count). The van der Waals surface area contributed by atoms with Crippen molar-refractivity contribution in [3.8, 4) is 5.75 Å². The summed E-state index contributed by atoms with van der Waals surface area (Å²) in [6.07, 6.45) is 2.41. The van der Waals surface area contributed by atoms with Crippen LogP contribution in [0.3, 0.4) is 0 Å². The van der Waals surface area contributed by atoms with Crippen LogP contribution in [0.2, 0.25) is 0 Å². The van der Waals surface area contributed by atoms with Gasteiger partial charge in [0.15, 0.2) is 0 Å². The van der Waals surface area contributed by atoms with E-state index in [1.54, 1.807) is 7.11 Å². The first kappa shape index (κ1) is 10.7. The summed E-state index contributed by atoms with van der Waals surface area (Å²) in [5.41, 5.74) is 3.18. The number of carbonyl (C=O) groups is 1. The first-order valence-electron chi connectivity index (χ1n) is 5.19. The monoisotopic (exact) mass is 218 g/mol. The summed E-state index contributed by atoms with van der Waals surface area (Å²) in [6.45, 7) is 2.42. The van der Waals surface area contributed by atoms with Gasteiger partial charge in [-0.15, -0.1) is 0 Å². The standard InChI is InChI=1S/C13H14O3/c1-9-5-10(3-4-12(9)15-2)6-11-7-13(14)16-8-11/h3-6H,7-8H2,1-2H3/b11-6+. The summed E-state index contributed by atoms with van der Waals surface area (Å²) in [4.78, 5) is 10.9. The number of ether oxygens (including phenoxy) is 2. The predicted octanol–water partition coefficient (Wildman–Crippen LogP) is 2.33. The molecule has 0 amide bonds. The molecule has 0 aliphatic carbocycles. The summed E-state index contributed by atoms with van der Waals surface area (Å²) in [5.74, 6) is 0.734. The molecule has 1 aromatic rings. The minimum Gasteiger partial charge on any atom is -0.496 e. The highest BCUT2D eigenvalue weighted by Gasteiger charge is 2.16. The maximum absolute atomic E-state index is 10.9. The van der Waals surface area contributed by atoms with Crippen molar-refractivity contribution < 1.29 is 14.3 Å². The number of rotatable bonds is 2. The lowest BCUT2D eigenvalue weighted by Crippen LogP contribution is -1.88. The van der Waals surface area contributed by atoms with Gasteiger partial charge >= 0.3 is 5.97 Å². The Hall–Kier alpha value is -1.77. The van der Waals surface area contributed by atoms with Crippen molar-refractivity contribution in [3.05, 3.63) is 34.9 Å². The van der Waals surface area contributed by atoms with E-state index in [9.17, 15) is 4.79 Å². The molecule has 0 aromatic heterocycles. The summed E-state index contributed by atoms with van der Waals surface area (Å²) >= 11 is 0. The van der Waals surface area contributed by atoms with E-state index in [1.807, 2.05) is 31.2 Å². The molecule has 0 bridgehead atoms. The summed E-state index contributed by atoms with van der Waals surface area (Å²) < 4.78 is 10.1. The largest absolute Gasteiger partial charge is 0.496 e. The quantitative estimate of drug-likeness (QED) is 0.715. The number of esters is 1. The minimum atomic E-state index is -0.142. The summed E-state index contributed by atoms with van der Waals surface area (Å²) in [5, 5.41) is 0. The van der Waals surface area contributed by atoms with Crippen LogP contribution >= 0.6 is 0 Å². The van der Waals surface area contributed by atoms with Gasteiger partial charge in [-0.1, -0.05) is 12.1 Å². The van der Waals surface area contributed by atoms with Crippen LogP contribution in [0.4, 0.5) is 0 Å². The van der Waals surface area contributed by atoms with Crippen molar-refractivity contribution in [1.29, 1.82) is 0 Å². The van der Waals surface area contributed by atoms with E-state index in [1.165, 1.54) is 0 Å². The molecule has 1 fully saturated rings. The normalized spacial score (nSPS) is 17.6. The number of hydrogen-bond acceptors (Lipinski definition) is 3. The Morgan fingerprint density at radius 2 is 2.25 bits per heavy atom. The van der Waals surface area contributed by atoms with Crippen LogP contribution in [0.15, 0.2) is 23.8 Å². The maximum Gasteiger partial charge on any atom is 0.310 e. The Kier molecular flexibility index (Phi) is 2.95. The zero-order valence-corrected chi connectivity index (χ0v) is 9.45. The highest BCUT2D eigenvalue weighted by atomic mass is 16.5. The number of hydrogen-bond donors (Lipinski definition) is 0. The molecule has 0 atom stereocenters. The van der Waals surface area contributed by atoms with Crippen molar-refractivity contribution in [1.82, 2.24) is 0 Å². The van der Waals surface area contributed by atoms with E-state index in [0.717, 1.165) is 22.4 Å². The van der Waals surface area contributed by atoms with Gasteiger partial charge < -0.3 is 9.47 Å². The van der Waals surface area contributed by atoms with Crippen molar-refractivity contribution >= 4 is 12.0 Å². The van der Waals surface area contributed by atoms with Gasteiger partial charge in [-0.2, -0.15) is 0 Å². The average Bonchev–Trinajstić information content (AvgIpc) is 2.64. The fourth-order valence-electron chi connectivity index (χ4n) is 1.78. The maximum atomic E-state index is 10.9. The van der Waals surface area contributed by atoms with Gasteiger partial charge in [0.05, 0.1) is 13.5 Å². The lowest BCUT2D eigenvalue weighted by atomic mass is 10.1. The smallest absolute Gasteiger partial charge is 0.310 e. The first-order chi connectivity index (χ1) is 7.69. The highest BCUT2D eigenvalue weighted by Crippen LogP contribution is 2.22. The third-order valence-corrected chi connectivity index (χ3v) is 2.58. The molecular weight excluding hydrogens is 204 g/mol. The average molecular weight is 218 g/mol. The highest BCUT2D eigenvalue weighted by molar-refractivity contribution is 5.78. The third kappa shape index (κ3) is 2.24. The van der Waals surface area contributed by atoms with Crippen molar-refractivity contribution in [2.75, 3.05) is 13.7 Å². The van der Waals surface area contributed by atoms with E-state index in [4.69, 9.17) is 9.47 Å². The molecule has 3 nitrogen and oxygen atoms in total. The van der Waals surface area contributed by atoms with E-state index >= 15 is 0 Å². The number of carbonyl (C=O) groups excluding carboxylic acids is 1. The van der Waals surface area contributed by atoms with Gasteiger partial charge in [0.25, 0.3) is 0 Å². The van der Waals surface area contributed by atoms with Crippen molar-refractivity contribution in [2.45, 2.75) is 13.3 Å². The second-order valence-electron chi connectivity index (χ2n) is 3.87. The van der Waals surface area contributed by atoms with Gasteiger partial charge in [-0.3, -0.25) is 4.79 Å². The SMILES string of the molecule is COc1ccc(/C=C2/COC(=O)C2)cc1C. The molecule has 0 N–H and O–H groups in total. The summed E-state index contributed by atoms with van der Waals surface area (Å²) in [7, 11) is 1.66. The second-order valence-corrected chi connectivity index (χ2v) is 3.87. The minimum absolute atomic E-state index is 0.142. The van der Waals surface area contributed by atoms with Crippen LogP contribution in [-0.2, 0) is 9.53 Å². The zero-order valence-electron chi connectivity index (χ0n) is 9.45. The molecule has 1 aliphatic rings. The van der Waals surface area contributed by atoms with Gasteiger partial charge in [-0.25, -0.2) is 0 Å². The van der Waals surface area contributed by atoms with Crippen LogP contribution in [0.1, 0.15) is 17.5 Å². The fourth-order valence-corrected chi connectivity index (χ4v) is 1.78. The second kappa shape index (κ2) is 4.39. The topological polar surface area (TPSA) is 35.5 Å². The van der Waals surface area contributed by atoms with Gasteiger partial charge in [-0.05, 0) is 35.8 Å². The molecule has 1 heterocycles.